The highest BCUT2D eigenvalue weighted by Gasteiger charge is 2.04. The second-order valence-electron chi connectivity index (χ2n) is 3.04. The van der Waals surface area contributed by atoms with E-state index in [4.69, 9.17) is 5.11 Å². The van der Waals surface area contributed by atoms with Gasteiger partial charge < -0.3 is 5.11 Å². The third kappa shape index (κ3) is 2.65. The summed E-state index contributed by atoms with van der Waals surface area (Å²) in [5, 5.41) is 8.63. The molecule has 1 aromatic heterocycles. The van der Waals surface area contributed by atoms with E-state index >= 15 is 0 Å². The first-order chi connectivity index (χ1) is 6.66. The van der Waals surface area contributed by atoms with Crippen LogP contribution in [0.15, 0.2) is 15.5 Å². The molecule has 0 saturated carbocycles. The van der Waals surface area contributed by atoms with Gasteiger partial charge in [0.15, 0.2) is 0 Å². The van der Waals surface area contributed by atoms with Crippen molar-refractivity contribution in [2.45, 2.75) is 26.3 Å². The highest BCUT2D eigenvalue weighted by Crippen LogP contribution is 2.02. The normalized spacial score (nSPS) is 10.5. The number of nitrogens with zero attached hydrogens (tertiary/aromatic N) is 2. The van der Waals surface area contributed by atoms with Crippen LogP contribution < -0.4 is 5.56 Å². The van der Waals surface area contributed by atoms with E-state index in [2.05, 4.69) is 20.9 Å². The minimum absolute atomic E-state index is 0.0598. The molecule has 1 N–H and O–H groups in total. The predicted molar refractivity (Wildman–Crippen MR) is 57.3 cm³/mol. The van der Waals surface area contributed by atoms with Crippen molar-refractivity contribution in [2.24, 2.45) is 0 Å². The lowest BCUT2D eigenvalue weighted by molar-refractivity contribution is 0.280. The first kappa shape index (κ1) is 11.4. The molecule has 1 heterocycles. The average molecular weight is 261 g/mol. The lowest BCUT2D eigenvalue weighted by Gasteiger charge is -2.08. The van der Waals surface area contributed by atoms with Gasteiger partial charge in [-0.1, -0.05) is 0 Å². The van der Waals surface area contributed by atoms with Crippen molar-refractivity contribution < 1.29 is 5.11 Å². The summed E-state index contributed by atoms with van der Waals surface area (Å²) in [7, 11) is 0. The Morgan fingerprint density at radius 2 is 2.29 bits per heavy atom. The highest BCUT2D eigenvalue weighted by atomic mass is 79.9. The average Bonchev–Trinajstić information content (AvgIpc) is 2.18. The fraction of sp³-hybridized carbons (Fsp3) is 0.556. The molecular formula is C9H13BrN2O2. The van der Waals surface area contributed by atoms with Gasteiger partial charge in [-0.25, -0.2) is 4.98 Å². The number of aliphatic hydroxyl groups excluding tert-OH is 1. The van der Waals surface area contributed by atoms with Crippen LogP contribution in [-0.2, 0) is 6.54 Å². The van der Waals surface area contributed by atoms with Crippen LogP contribution in [0.1, 0.15) is 18.7 Å². The summed E-state index contributed by atoms with van der Waals surface area (Å²) in [5.41, 5.74) is -0.0598. The van der Waals surface area contributed by atoms with E-state index in [0.29, 0.717) is 23.3 Å². The number of aliphatic hydroxyl groups is 1. The molecule has 78 valence electrons. The minimum atomic E-state index is -0.0598. The maximum atomic E-state index is 11.6. The molecule has 14 heavy (non-hydrogen) atoms. The van der Waals surface area contributed by atoms with Gasteiger partial charge in [-0.3, -0.25) is 9.36 Å². The number of rotatable bonds is 4. The Balaban J connectivity index is 2.84. The summed E-state index contributed by atoms with van der Waals surface area (Å²) >= 11 is 3.14. The van der Waals surface area contributed by atoms with E-state index in [1.54, 1.807) is 11.5 Å². The Hall–Kier alpha value is -0.680. The highest BCUT2D eigenvalue weighted by molar-refractivity contribution is 9.10. The van der Waals surface area contributed by atoms with Crippen LogP contribution >= 0.6 is 15.9 Å². The zero-order chi connectivity index (χ0) is 10.6. The number of unbranched alkanes of at least 4 members (excludes halogenated alkanes) is 1. The van der Waals surface area contributed by atoms with Crippen molar-refractivity contribution >= 4 is 15.9 Å². The zero-order valence-corrected chi connectivity index (χ0v) is 9.62. The molecule has 0 atom stereocenters. The minimum Gasteiger partial charge on any atom is -0.396 e. The summed E-state index contributed by atoms with van der Waals surface area (Å²) in [6.07, 6.45) is 3.01. The van der Waals surface area contributed by atoms with Crippen molar-refractivity contribution in [1.82, 2.24) is 9.55 Å². The van der Waals surface area contributed by atoms with Gasteiger partial charge >= 0.3 is 0 Å². The van der Waals surface area contributed by atoms with E-state index < -0.39 is 0 Å². The van der Waals surface area contributed by atoms with Gasteiger partial charge in [-0.15, -0.1) is 0 Å². The fourth-order valence-electron chi connectivity index (χ4n) is 1.20. The quantitative estimate of drug-likeness (QED) is 0.825. The number of hydrogen-bond donors (Lipinski definition) is 1. The van der Waals surface area contributed by atoms with Crippen LogP contribution in [0, 0.1) is 6.92 Å². The lowest BCUT2D eigenvalue weighted by atomic mass is 10.3. The molecule has 0 aliphatic carbocycles. The van der Waals surface area contributed by atoms with Crippen molar-refractivity contribution in [3.63, 3.8) is 0 Å². The fourth-order valence-corrected chi connectivity index (χ4v) is 1.51. The Labute approximate surface area is 90.7 Å². The second-order valence-corrected chi connectivity index (χ2v) is 3.90. The topological polar surface area (TPSA) is 55.1 Å². The molecule has 0 aliphatic rings. The van der Waals surface area contributed by atoms with Crippen molar-refractivity contribution in [1.29, 1.82) is 0 Å². The SMILES string of the molecule is Cc1ncc(Br)c(=O)n1CCCCO. The summed E-state index contributed by atoms with van der Waals surface area (Å²) in [5.74, 6) is 0.705. The molecule has 0 fully saturated rings. The zero-order valence-electron chi connectivity index (χ0n) is 8.03. The number of aryl methyl sites for hydroxylation is 1. The van der Waals surface area contributed by atoms with Crippen molar-refractivity contribution in [3.8, 4) is 0 Å². The maximum absolute atomic E-state index is 11.6. The van der Waals surface area contributed by atoms with Crippen LogP contribution in [0.5, 0.6) is 0 Å². The van der Waals surface area contributed by atoms with Gasteiger partial charge in [0.1, 0.15) is 10.3 Å². The Bertz CT molecular complexity index is 362. The molecule has 0 saturated heterocycles. The van der Waals surface area contributed by atoms with Gasteiger partial charge in [-0.05, 0) is 35.7 Å². The van der Waals surface area contributed by atoms with E-state index in [0.717, 1.165) is 6.42 Å². The molecule has 0 radical (unpaired) electrons. The largest absolute Gasteiger partial charge is 0.396 e. The Morgan fingerprint density at radius 3 is 2.93 bits per heavy atom. The summed E-state index contributed by atoms with van der Waals surface area (Å²) in [6, 6.07) is 0. The summed E-state index contributed by atoms with van der Waals surface area (Å²) < 4.78 is 2.09. The third-order valence-electron chi connectivity index (χ3n) is 1.99. The lowest BCUT2D eigenvalue weighted by Crippen LogP contribution is -2.24. The second kappa shape index (κ2) is 5.26. The van der Waals surface area contributed by atoms with E-state index in [9.17, 15) is 4.79 Å². The van der Waals surface area contributed by atoms with Gasteiger partial charge in [0.25, 0.3) is 5.56 Å². The molecule has 0 spiro atoms. The van der Waals surface area contributed by atoms with E-state index in [-0.39, 0.29) is 12.2 Å². The Kier molecular flexibility index (Phi) is 4.28. The molecule has 1 rings (SSSR count). The van der Waals surface area contributed by atoms with E-state index in [1.807, 2.05) is 0 Å². The van der Waals surface area contributed by atoms with Crippen LogP contribution in [0.4, 0.5) is 0 Å². The third-order valence-corrected chi connectivity index (χ3v) is 2.54. The number of halogens is 1. The molecule has 5 heteroatoms. The molecule has 0 aromatic carbocycles. The predicted octanol–water partition coefficient (Wildman–Crippen LogP) is 1.09. The Morgan fingerprint density at radius 1 is 1.57 bits per heavy atom. The van der Waals surface area contributed by atoms with Crippen molar-refractivity contribution in [2.75, 3.05) is 6.61 Å². The standard InChI is InChI=1S/C9H13BrN2O2/c1-7-11-6-8(10)9(14)12(7)4-2-3-5-13/h6,13H,2-5H2,1H3. The van der Waals surface area contributed by atoms with E-state index in [1.165, 1.54) is 6.20 Å². The van der Waals surface area contributed by atoms with Gasteiger partial charge in [-0.2, -0.15) is 0 Å². The molecule has 1 aromatic rings. The smallest absolute Gasteiger partial charge is 0.267 e. The molecule has 4 nitrogen and oxygen atoms in total. The van der Waals surface area contributed by atoms with Crippen LogP contribution in [-0.4, -0.2) is 21.3 Å². The van der Waals surface area contributed by atoms with Gasteiger partial charge in [0.05, 0.1) is 0 Å². The monoisotopic (exact) mass is 260 g/mol. The van der Waals surface area contributed by atoms with Crippen LogP contribution in [0.25, 0.3) is 0 Å². The molecular weight excluding hydrogens is 248 g/mol. The maximum Gasteiger partial charge on any atom is 0.267 e. The first-order valence-electron chi connectivity index (χ1n) is 4.49. The number of aromatic nitrogens is 2. The van der Waals surface area contributed by atoms with Gasteiger partial charge in [0, 0.05) is 19.3 Å². The number of hydrogen-bond acceptors (Lipinski definition) is 3. The summed E-state index contributed by atoms with van der Waals surface area (Å²) in [4.78, 5) is 15.7. The molecule has 0 aliphatic heterocycles. The first-order valence-corrected chi connectivity index (χ1v) is 5.29. The molecule has 0 bridgehead atoms. The van der Waals surface area contributed by atoms with Crippen LogP contribution in [0.2, 0.25) is 0 Å². The summed E-state index contributed by atoms with van der Waals surface area (Å²) in [6.45, 7) is 2.57. The van der Waals surface area contributed by atoms with Crippen molar-refractivity contribution in [3.05, 3.63) is 26.8 Å². The molecule has 0 unspecified atom stereocenters. The van der Waals surface area contributed by atoms with Gasteiger partial charge in [0.2, 0.25) is 0 Å². The molecule has 0 amide bonds. The van der Waals surface area contributed by atoms with Crippen LogP contribution in [0.3, 0.4) is 0 Å².